The molecule has 1 aromatic rings. The van der Waals surface area contributed by atoms with Crippen molar-refractivity contribution in [2.24, 2.45) is 0 Å². The Hall–Kier alpha value is -0.880. The van der Waals surface area contributed by atoms with E-state index in [9.17, 15) is 4.57 Å². The normalized spacial score (nSPS) is 11.6. The van der Waals surface area contributed by atoms with Crippen molar-refractivity contribution in [1.29, 1.82) is 0 Å². The monoisotopic (exact) mass is 196 g/mol. The van der Waals surface area contributed by atoms with Crippen LogP contribution in [0.1, 0.15) is 26.3 Å². The number of rotatable bonds is 2. The van der Waals surface area contributed by atoms with Gasteiger partial charge in [-0.05, 0) is 23.1 Å². The number of hydrogen-bond donors (Lipinski definition) is 0. The fourth-order valence-corrected chi connectivity index (χ4v) is 1.27. The van der Waals surface area contributed by atoms with E-state index in [0.717, 1.165) is 0 Å². The van der Waals surface area contributed by atoms with Gasteiger partial charge in [-0.2, -0.15) is 0 Å². The molecular weight excluding hydrogens is 183 g/mol. The van der Waals surface area contributed by atoms with E-state index in [1.165, 1.54) is 5.56 Å². The second kappa shape index (κ2) is 3.89. The summed E-state index contributed by atoms with van der Waals surface area (Å²) in [6.07, 6.45) is 0. The molecule has 1 rings (SSSR count). The zero-order valence-corrected chi connectivity index (χ0v) is 8.97. The first-order chi connectivity index (χ1) is 6.04. The van der Waals surface area contributed by atoms with Crippen molar-refractivity contribution >= 4 is 8.69 Å². The summed E-state index contributed by atoms with van der Waals surface area (Å²) < 4.78 is 14.9. The van der Waals surface area contributed by atoms with Crippen molar-refractivity contribution in [3.63, 3.8) is 0 Å². The molecule has 0 amide bonds. The lowest BCUT2D eigenvalue weighted by atomic mass is 9.87. The smallest absolute Gasteiger partial charge is 0.395 e. The van der Waals surface area contributed by atoms with Crippen molar-refractivity contribution in [2.75, 3.05) is 0 Å². The van der Waals surface area contributed by atoms with Gasteiger partial charge >= 0.3 is 8.69 Å². The lowest BCUT2D eigenvalue weighted by Gasteiger charge is -2.18. The summed E-state index contributed by atoms with van der Waals surface area (Å²) in [4.78, 5) is 0. The molecule has 0 saturated carbocycles. The van der Waals surface area contributed by atoms with E-state index in [4.69, 9.17) is 4.52 Å². The molecule has 0 aliphatic carbocycles. The molecule has 0 fully saturated rings. The minimum atomic E-state index is -0.307. The van der Waals surface area contributed by atoms with E-state index in [-0.39, 0.29) is 14.1 Å². The Morgan fingerprint density at radius 2 is 1.69 bits per heavy atom. The van der Waals surface area contributed by atoms with Gasteiger partial charge in [-0.1, -0.05) is 32.9 Å². The van der Waals surface area contributed by atoms with Gasteiger partial charge in [0, 0.05) is 0 Å². The summed E-state index contributed by atoms with van der Waals surface area (Å²) in [7, 11) is -0.307. The van der Waals surface area contributed by atoms with Gasteiger partial charge in [0.15, 0.2) is 0 Å². The lowest BCUT2D eigenvalue weighted by molar-refractivity contribution is 0.524. The Balaban J connectivity index is 2.87. The van der Waals surface area contributed by atoms with Crippen LogP contribution in [0.25, 0.3) is 0 Å². The molecule has 2 nitrogen and oxygen atoms in total. The average Bonchev–Trinajstić information content (AvgIpc) is 2.04. The van der Waals surface area contributed by atoms with Crippen LogP contribution in [0.4, 0.5) is 0 Å². The minimum Gasteiger partial charge on any atom is -0.408 e. The van der Waals surface area contributed by atoms with Crippen LogP contribution < -0.4 is 4.52 Å². The molecule has 0 bridgehead atoms. The van der Waals surface area contributed by atoms with Gasteiger partial charge in [0.1, 0.15) is 5.75 Å². The van der Waals surface area contributed by atoms with Crippen molar-refractivity contribution in [2.45, 2.75) is 26.2 Å². The molecule has 0 spiro atoms. The maximum atomic E-state index is 10.1. The van der Waals surface area contributed by atoms with Crippen LogP contribution in [0.2, 0.25) is 0 Å². The highest BCUT2D eigenvalue weighted by Crippen LogP contribution is 2.25. The maximum absolute atomic E-state index is 10.1. The fourth-order valence-electron chi connectivity index (χ4n) is 1.06. The van der Waals surface area contributed by atoms with E-state index in [1.54, 1.807) is 0 Å². The number of benzene rings is 1. The van der Waals surface area contributed by atoms with Crippen molar-refractivity contribution in [3.8, 4) is 5.75 Å². The van der Waals surface area contributed by atoms with Crippen molar-refractivity contribution in [3.05, 3.63) is 29.8 Å². The number of hydrogen-bond acceptors (Lipinski definition) is 2. The maximum Gasteiger partial charge on any atom is 0.395 e. The van der Waals surface area contributed by atoms with Crippen LogP contribution in [-0.4, -0.2) is 0 Å². The molecule has 3 heteroatoms. The first-order valence-corrected chi connectivity index (χ1v) is 4.87. The van der Waals surface area contributed by atoms with Gasteiger partial charge in [-0.15, -0.1) is 0 Å². The predicted molar refractivity (Wildman–Crippen MR) is 53.4 cm³/mol. The van der Waals surface area contributed by atoms with E-state index in [0.29, 0.717) is 5.75 Å². The summed E-state index contributed by atoms with van der Waals surface area (Å²) in [5.74, 6) is 0.629. The zero-order valence-electron chi connectivity index (χ0n) is 8.07. The predicted octanol–water partition coefficient (Wildman–Crippen LogP) is 3.57. The molecule has 0 N–H and O–H groups in total. The van der Waals surface area contributed by atoms with Crippen LogP contribution in [0, 0.1) is 0 Å². The molecule has 0 aliphatic heterocycles. The minimum absolute atomic E-state index is 0.147. The third kappa shape index (κ3) is 2.82. The van der Waals surface area contributed by atoms with Crippen LogP contribution in [0.3, 0.4) is 0 Å². The van der Waals surface area contributed by atoms with Gasteiger partial charge in [-0.25, -0.2) is 4.57 Å². The van der Waals surface area contributed by atoms with Crippen molar-refractivity contribution < 1.29 is 9.09 Å². The summed E-state index contributed by atoms with van der Waals surface area (Å²) in [6.45, 7) is 6.44. The van der Waals surface area contributed by atoms with E-state index in [1.807, 2.05) is 24.3 Å². The molecule has 0 aromatic heterocycles. The summed E-state index contributed by atoms with van der Waals surface area (Å²) in [5.41, 5.74) is 1.38. The Morgan fingerprint density at radius 3 is 2.08 bits per heavy atom. The van der Waals surface area contributed by atoms with Crippen LogP contribution in [-0.2, 0) is 9.98 Å². The molecule has 0 atom stereocenters. The molecule has 70 valence electrons. The third-order valence-electron chi connectivity index (χ3n) is 1.86. The second-order valence-corrected chi connectivity index (χ2v) is 4.27. The summed E-state index contributed by atoms with van der Waals surface area (Å²) in [6, 6.07) is 7.62. The van der Waals surface area contributed by atoms with Crippen molar-refractivity contribution in [1.82, 2.24) is 0 Å². The quantitative estimate of drug-likeness (QED) is 0.676. The summed E-state index contributed by atoms with van der Waals surface area (Å²) in [5, 5.41) is 0. The summed E-state index contributed by atoms with van der Waals surface area (Å²) >= 11 is 0. The second-order valence-electron chi connectivity index (χ2n) is 3.94. The molecular formula is C10H13O2P. The standard InChI is InChI=1S/C10H13O2P/c1-10(2,3)8-4-6-9(7-5-8)12-13-11/h4-7H,1-3H3. The molecule has 1 aromatic carbocycles. The first-order valence-electron chi connectivity index (χ1n) is 4.14. The average molecular weight is 196 g/mol. The Bertz CT molecular complexity index is 285. The fraction of sp³-hybridized carbons (Fsp3) is 0.400. The highest BCUT2D eigenvalue weighted by atomic mass is 31.1. The van der Waals surface area contributed by atoms with Gasteiger partial charge in [0.25, 0.3) is 0 Å². The largest absolute Gasteiger partial charge is 0.408 e. The van der Waals surface area contributed by atoms with Crippen LogP contribution >= 0.6 is 8.69 Å². The highest BCUT2D eigenvalue weighted by molar-refractivity contribution is 7.17. The van der Waals surface area contributed by atoms with Crippen LogP contribution in [0.15, 0.2) is 24.3 Å². The van der Waals surface area contributed by atoms with Crippen LogP contribution in [0.5, 0.6) is 5.75 Å². The first kappa shape index (κ1) is 10.2. The van der Waals surface area contributed by atoms with E-state index < -0.39 is 0 Å². The van der Waals surface area contributed by atoms with Gasteiger partial charge < -0.3 is 4.52 Å². The topological polar surface area (TPSA) is 26.3 Å². The molecule has 0 saturated heterocycles. The van der Waals surface area contributed by atoms with E-state index in [2.05, 4.69) is 20.8 Å². The third-order valence-corrected chi connectivity index (χ3v) is 2.15. The molecule has 0 heterocycles. The Kier molecular flexibility index (Phi) is 3.05. The SMILES string of the molecule is CC(C)(C)c1ccc(OP=O)cc1. The zero-order chi connectivity index (χ0) is 9.90. The van der Waals surface area contributed by atoms with Gasteiger partial charge in [0.2, 0.25) is 0 Å². The highest BCUT2D eigenvalue weighted by Gasteiger charge is 2.12. The molecule has 0 aliphatic rings. The van der Waals surface area contributed by atoms with Gasteiger partial charge in [-0.3, -0.25) is 0 Å². The Labute approximate surface area is 80.2 Å². The lowest BCUT2D eigenvalue weighted by Crippen LogP contribution is -2.10. The molecule has 0 unspecified atom stereocenters. The van der Waals surface area contributed by atoms with E-state index >= 15 is 0 Å². The molecule has 0 radical (unpaired) electrons. The molecule has 13 heavy (non-hydrogen) atoms. The van der Waals surface area contributed by atoms with Gasteiger partial charge in [0.05, 0.1) is 0 Å². The Morgan fingerprint density at radius 1 is 1.15 bits per heavy atom.